The van der Waals surface area contributed by atoms with Gasteiger partial charge in [0, 0.05) is 0 Å². The maximum atomic E-state index is 11.7. The normalized spacial score (nSPS) is 19.1. The Bertz CT molecular complexity index is 508. The van der Waals surface area contributed by atoms with Crippen molar-refractivity contribution in [2.24, 2.45) is 0 Å². The minimum atomic E-state index is -0.413. The number of furan rings is 1. The van der Waals surface area contributed by atoms with Crippen LogP contribution in [-0.4, -0.2) is 43.6 Å². The van der Waals surface area contributed by atoms with Gasteiger partial charge < -0.3 is 13.9 Å². The van der Waals surface area contributed by atoms with E-state index < -0.39 is 5.97 Å². The van der Waals surface area contributed by atoms with Crippen molar-refractivity contribution in [3.05, 3.63) is 23.2 Å². The molecule has 1 aromatic rings. The smallest absolute Gasteiger partial charge is 0.341 e. The second-order valence-electron chi connectivity index (χ2n) is 4.83. The van der Waals surface area contributed by atoms with Crippen molar-refractivity contribution in [3.63, 3.8) is 0 Å². The number of carbonyl (C=O) groups excluding carboxylic acids is 2. The summed E-state index contributed by atoms with van der Waals surface area (Å²) in [5.74, 6) is 0.543. The molecule has 0 amide bonds. The van der Waals surface area contributed by atoms with Crippen LogP contribution >= 0.6 is 0 Å². The molecule has 20 heavy (non-hydrogen) atoms. The maximum Gasteiger partial charge on any atom is 0.341 e. The van der Waals surface area contributed by atoms with Crippen LogP contribution in [0.5, 0.6) is 0 Å². The second-order valence-corrected chi connectivity index (χ2v) is 4.83. The first-order valence-corrected chi connectivity index (χ1v) is 6.56. The van der Waals surface area contributed by atoms with Crippen molar-refractivity contribution in [1.29, 1.82) is 0 Å². The van der Waals surface area contributed by atoms with Crippen LogP contribution in [0, 0.1) is 6.92 Å². The number of esters is 2. The fraction of sp³-hybridized carbons (Fsp3) is 0.571. The average molecular weight is 281 g/mol. The summed E-state index contributed by atoms with van der Waals surface area (Å²) in [6.45, 7) is 3.02. The lowest BCUT2D eigenvalue weighted by Crippen LogP contribution is -2.36. The van der Waals surface area contributed by atoms with E-state index in [0.717, 1.165) is 19.4 Å². The van der Waals surface area contributed by atoms with Crippen LogP contribution in [0.15, 0.2) is 10.5 Å². The van der Waals surface area contributed by atoms with E-state index in [4.69, 9.17) is 13.9 Å². The first-order valence-electron chi connectivity index (χ1n) is 6.56. The van der Waals surface area contributed by atoms with Gasteiger partial charge in [-0.1, -0.05) is 0 Å². The number of nitrogens with zero attached hydrogens (tertiary/aromatic N) is 1. The van der Waals surface area contributed by atoms with Gasteiger partial charge in [-0.05, 0) is 32.4 Å². The molecule has 0 radical (unpaired) electrons. The van der Waals surface area contributed by atoms with E-state index in [2.05, 4.69) is 0 Å². The molecule has 6 heteroatoms. The fourth-order valence-electron chi connectivity index (χ4n) is 2.55. The molecule has 1 unspecified atom stereocenters. The summed E-state index contributed by atoms with van der Waals surface area (Å²) < 4.78 is 15.1. The Morgan fingerprint density at radius 2 is 2.15 bits per heavy atom. The second kappa shape index (κ2) is 6.09. The highest BCUT2D eigenvalue weighted by Gasteiger charge is 2.32. The number of hydrogen-bond acceptors (Lipinski definition) is 6. The van der Waals surface area contributed by atoms with Crippen LogP contribution in [0.4, 0.5) is 0 Å². The molecule has 0 bridgehead atoms. The van der Waals surface area contributed by atoms with Crippen LogP contribution in [0.1, 0.15) is 34.7 Å². The summed E-state index contributed by atoms with van der Waals surface area (Å²) in [6.07, 6.45) is 1.74. The predicted molar refractivity (Wildman–Crippen MR) is 70.2 cm³/mol. The summed E-state index contributed by atoms with van der Waals surface area (Å²) in [5.41, 5.74) is 0.427. The Balaban J connectivity index is 2.10. The molecule has 1 atom stereocenters. The number of ether oxygens (including phenoxy) is 2. The third-order valence-corrected chi connectivity index (χ3v) is 3.57. The third kappa shape index (κ3) is 2.85. The summed E-state index contributed by atoms with van der Waals surface area (Å²) in [7, 11) is 2.73. The van der Waals surface area contributed by atoms with Gasteiger partial charge in [0.2, 0.25) is 0 Å². The molecule has 1 saturated heterocycles. The van der Waals surface area contributed by atoms with Gasteiger partial charge in [0.05, 0.1) is 20.8 Å². The highest BCUT2D eigenvalue weighted by atomic mass is 16.5. The zero-order valence-corrected chi connectivity index (χ0v) is 12.0. The van der Waals surface area contributed by atoms with Crippen molar-refractivity contribution in [2.45, 2.75) is 32.4 Å². The lowest BCUT2D eigenvalue weighted by Gasteiger charge is -2.20. The van der Waals surface area contributed by atoms with Crippen molar-refractivity contribution >= 4 is 11.9 Å². The minimum Gasteiger partial charge on any atom is -0.468 e. The zero-order valence-electron chi connectivity index (χ0n) is 12.0. The number of carbonyl (C=O) groups is 2. The van der Waals surface area contributed by atoms with E-state index in [1.165, 1.54) is 14.2 Å². The summed E-state index contributed by atoms with van der Waals surface area (Å²) in [4.78, 5) is 25.2. The number of methoxy groups -OCH3 is 2. The quantitative estimate of drug-likeness (QED) is 0.779. The molecule has 1 aromatic heterocycles. The molecule has 0 N–H and O–H groups in total. The minimum absolute atomic E-state index is 0.223. The Kier molecular flexibility index (Phi) is 4.44. The van der Waals surface area contributed by atoms with Crippen LogP contribution in [0.25, 0.3) is 0 Å². The van der Waals surface area contributed by atoms with E-state index in [-0.39, 0.29) is 12.0 Å². The SMILES string of the molecule is COC(=O)c1cc(CN2CCCC2C(=O)OC)oc1C. The number of aryl methyl sites for hydroxylation is 1. The summed E-state index contributed by atoms with van der Waals surface area (Å²) in [6, 6.07) is 1.44. The van der Waals surface area contributed by atoms with Gasteiger partial charge in [0.25, 0.3) is 0 Å². The summed E-state index contributed by atoms with van der Waals surface area (Å²) in [5, 5.41) is 0. The predicted octanol–water partition coefficient (Wildman–Crippen LogP) is 1.51. The molecule has 0 aliphatic carbocycles. The van der Waals surface area contributed by atoms with Gasteiger partial charge in [-0.2, -0.15) is 0 Å². The van der Waals surface area contributed by atoms with Crippen molar-refractivity contribution in [1.82, 2.24) is 4.90 Å². The summed E-state index contributed by atoms with van der Waals surface area (Å²) >= 11 is 0. The molecular weight excluding hydrogens is 262 g/mol. The van der Waals surface area contributed by atoms with Gasteiger partial charge in [-0.15, -0.1) is 0 Å². The topological polar surface area (TPSA) is 69.0 Å². The molecule has 110 valence electrons. The Morgan fingerprint density at radius 3 is 2.80 bits per heavy atom. The molecule has 2 heterocycles. The van der Waals surface area contributed by atoms with Crippen molar-refractivity contribution < 1.29 is 23.5 Å². The largest absolute Gasteiger partial charge is 0.468 e. The standard InChI is InChI=1S/C14H19NO5/c1-9-11(13(16)18-2)7-10(20-9)8-15-6-4-5-12(15)14(17)19-3/h7,12H,4-6,8H2,1-3H3. The highest BCUT2D eigenvalue weighted by Crippen LogP contribution is 2.23. The average Bonchev–Trinajstić information content (AvgIpc) is 3.04. The third-order valence-electron chi connectivity index (χ3n) is 3.57. The van der Waals surface area contributed by atoms with E-state index in [9.17, 15) is 9.59 Å². The molecule has 1 fully saturated rings. The molecule has 2 rings (SSSR count). The monoisotopic (exact) mass is 281 g/mol. The van der Waals surface area contributed by atoms with Gasteiger partial charge in [-0.25, -0.2) is 4.79 Å². The van der Waals surface area contributed by atoms with Crippen molar-refractivity contribution in [3.8, 4) is 0 Å². The van der Waals surface area contributed by atoms with E-state index >= 15 is 0 Å². The van der Waals surface area contributed by atoms with E-state index in [1.807, 2.05) is 4.90 Å². The maximum absolute atomic E-state index is 11.7. The molecule has 0 spiro atoms. The molecule has 0 saturated carbocycles. The van der Waals surface area contributed by atoms with E-state index in [1.54, 1.807) is 13.0 Å². The van der Waals surface area contributed by atoms with Crippen LogP contribution in [0.3, 0.4) is 0 Å². The molecular formula is C14H19NO5. The number of hydrogen-bond donors (Lipinski definition) is 0. The molecule has 6 nitrogen and oxygen atoms in total. The lowest BCUT2D eigenvalue weighted by atomic mass is 10.2. The van der Waals surface area contributed by atoms with Gasteiger partial charge in [-0.3, -0.25) is 9.69 Å². The first-order chi connectivity index (χ1) is 9.56. The van der Waals surface area contributed by atoms with Gasteiger partial charge in [0.1, 0.15) is 23.1 Å². The van der Waals surface area contributed by atoms with Crippen LogP contribution in [0.2, 0.25) is 0 Å². The highest BCUT2D eigenvalue weighted by molar-refractivity contribution is 5.90. The van der Waals surface area contributed by atoms with Gasteiger partial charge in [0.15, 0.2) is 0 Å². The molecule has 1 aliphatic heterocycles. The lowest BCUT2D eigenvalue weighted by molar-refractivity contribution is -0.146. The number of likely N-dealkylation sites (tertiary alicyclic amines) is 1. The Labute approximate surface area is 117 Å². The Hall–Kier alpha value is -1.82. The van der Waals surface area contributed by atoms with Gasteiger partial charge >= 0.3 is 11.9 Å². The van der Waals surface area contributed by atoms with Crippen LogP contribution < -0.4 is 0 Å². The van der Waals surface area contributed by atoms with Crippen LogP contribution in [-0.2, 0) is 20.8 Å². The zero-order chi connectivity index (χ0) is 14.7. The Morgan fingerprint density at radius 1 is 1.40 bits per heavy atom. The molecule has 1 aliphatic rings. The fourth-order valence-corrected chi connectivity index (χ4v) is 2.55. The molecule has 0 aromatic carbocycles. The number of rotatable bonds is 4. The van der Waals surface area contributed by atoms with E-state index in [0.29, 0.717) is 23.6 Å². The first kappa shape index (κ1) is 14.6. The van der Waals surface area contributed by atoms with Crippen molar-refractivity contribution in [2.75, 3.05) is 20.8 Å².